The zero-order valence-corrected chi connectivity index (χ0v) is 12.6. The van der Waals surface area contributed by atoms with Gasteiger partial charge in [-0.25, -0.2) is 0 Å². The van der Waals surface area contributed by atoms with Crippen LogP contribution < -0.4 is 15.6 Å². The predicted molar refractivity (Wildman–Crippen MR) is 80.3 cm³/mol. The van der Waals surface area contributed by atoms with Gasteiger partial charge in [-0.05, 0) is 24.3 Å². The van der Waals surface area contributed by atoms with Gasteiger partial charge in [-0.15, -0.1) is 0 Å². The number of benzene rings is 1. The van der Waals surface area contributed by atoms with Crippen LogP contribution in [0.25, 0.3) is 0 Å². The lowest BCUT2D eigenvalue weighted by molar-refractivity contribution is 0.102. The van der Waals surface area contributed by atoms with Gasteiger partial charge in [0.1, 0.15) is 5.75 Å². The number of aryl methyl sites for hydroxylation is 1. The normalized spacial score (nSPS) is 10.2. The lowest BCUT2D eigenvalue weighted by atomic mass is 10.2. The molecule has 2 aromatic rings. The second kappa shape index (κ2) is 5.92. The van der Waals surface area contributed by atoms with Crippen LogP contribution in [0, 0.1) is 0 Å². The molecule has 0 saturated heterocycles. The number of pyridine rings is 1. The van der Waals surface area contributed by atoms with Gasteiger partial charge in [-0.1, -0.05) is 15.9 Å². The molecule has 20 heavy (non-hydrogen) atoms. The van der Waals surface area contributed by atoms with Crippen molar-refractivity contribution in [2.24, 2.45) is 7.05 Å². The van der Waals surface area contributed by atoms with Crippen LogP contribution in [0.1, 0.15) is 10.4 Å². The third kappa shape index (κ3) is 3.08. The topological polar surface area (TPSA) is 60.3 Å². The minimum atomic E-state index is -0.298. The minimum absolute atomic E-state index is 0.135. The van der Waals surface area contributed by atoms with Gasteiger partial charge in [0.25, 0.3) is 5.91 Å². The monoisotopic (exact) mass is 336 g/mol. The highest BCUT2D eigenvalue weighted by molar-refractivity contribution is 9.10. The second-order valence-corrected chi connectivity index (χ2v) is 5.08. The van der Waals surface area contributed by atoms with E-state index in [1.807, 2.05) is 0 Å². The van der Waals surface area contributed by atoms with Crippen molar-refractivity contribution < 1.29 is 9.53 Å². The quantitative estimate of drug-likeness (QED) is 0.936. The number of halogens is 1. The summed E-state index contributed by atoms with van der Waals surface area (Å²) in [6, 6.07) is 8.11. The van der Waals surface area contributed by atoms with Crippen LogP contribution >= 0.6 is 15.9 Å². The summed E-state index contributed by atoms with van der Waals surface area (Å²) in [6.07, 6.45) is 1.56. The highest BCUT2D eigenvalue weighted by Gasteiger charge is 2.13. The van der Waals surface area contributed by atoms with Gasteiger partial charge in [0.15, 0.2) is 0 Å². The summed E-state index contributed by atoms with van der Waals surface area (Å²) >= 11 is 3.32. The summed E-state index contributed by atoms with van der Waals surface area (Å²) in [7, 11) is 3.13. The maximum absolute atomic E-state index is 12.2. The van der Waals surface area contributed by atoms with E-state index in [1.165, 1.54) is 17.7 Å². The molecule has 1 N–H and O–H groups in total. The maximum atomic E-state index is 12.2. The van der Waals surface area contributed by atoms with Crippen LogP contribution in [0.2, 0.25) is 0 Å². The molecule has 1 amide bonds. The number of aromatic nitrogens is 1. The Hall–Kier alpha value is -2.08. The van der Waals surface area contributed by atoms with Crippen molar-refractivity contribution in [2.75, 3.05) is 12.4 Å². The van der Waals surface area contributed by atoms with Crippen molar-refractivity contribution in [1.29, 1.82) is 0 Å². The molecular weight excluding hydrogens is 324 g/mol. The maximum Gasteiger partial charge on any atom is 0.259 e. The first-order chi connectivity index (χ1) is 9.51. The van der Waals surface area contributed by atoms with E-state index in [0.29, 0.717) is 17.0 Å². The first-order valence-electron chi connectivity index (χ1n) is 5.83. The molecule has 0 aliphatic carbocycles. The summed E-state index contributed by atoms with van der Waals surface area (Å²) in [5.74, 6) is 0.176. The van der Waals surface area contributed by atoms with Crippen LogP contribution in [-0.4, -0.2) is 17.6 Å². The number of carbonyl (C=O) groups is 1. The fourth-order valence-corrected chi connectivity index (χ4v) is 2.06. The van der Waals surface area contributed by atoms with Crippen molar-refractivity contribution in [1.82, 2.24) is 4.57 Å². The third-order valence-electron chi connectivity index (χ3n) is 2.75. The highest BCUT2D eigenvalue weighted by Crippen LogP contribution is 2.24. The van der Waals surface area contributed by atoms with Crippen molar-refractivity contribution in [2.45, 2.75) is 0 Å². The smallest absolute Gasteiger partial charge is 0.259 e. The van der Waals surface area contributed by atoms with Gasteiger partial charge >= 0.3 is 0 Å². The number of carbonyl (C=O) groups excluding carboxylic acids is 1. The average Bonchev–Trinajstić information content (AvgIpc) is 2.42. The molecule has 1 aromatic carbocycles. The van der Waals surface area contributed by atoms with Crippen molar-refractivity contribution in [3.63, 3.8) is 0 Å². The number of rotatable bonds is 3. The Morgan fingerprint density at radius 1 is 1.30 bits per heavy atom. The zero-order chi connectivity index (χ0) is 14.7. The lowest BCUT2D eigenvalue weighted by Crippen LogP contribution is -2.18. The summed E-state index contributed by atoms with van der Waals surface area (Å²) in [4.78, 5) is 23.5. The Labute approximate surface area is 124 Å². The molecule has 0 fully saturated rings. The Morgan fingerprint density at radius 2 is 2.05 bits per heavy atom. The van der Waals surface area contributed by atoms with E-state index in [1.54, 1.807) is 37.5 Å². The van der Waals surface area contributed by atoms with E-state index in [9.17, 15) is 9.59 Å². The number of ether oxygens (including phenoxy) is 1. The van der Waals surface area contributed by atoms with Gasteiger partial charge in [-0.2, -0.15) is 0 Å². The highest BCUT2D eigenvalue weighted by atomic mass is 79.9. The first-order valence-corrected chi connectivity index (χ1v) is 6.62. The molecule has 0 saturated carbocycles. The Bertz CT molecular complexity index is 710. The summed E-state index contributed by atoms with van der Waals surface area (Å²) in [5, 5.41) is 2.73. The van der Waals surface area contributed by atoms with Crippen LogP contribution in [0.4, 0.5) is 5.69 Å². The molecule has 5 nitrogen and oxygen atoms in total. The molecular formula is C14H13BrN2O3. The van der Waals surface area contributed by atoms with E-state index in [2.05, 4.69) is 21.2 Å². The molecule has 104 valence electrons. The minimum Gasteiger partial charge on any atom is -0.496 e. The van der Waals surface area contributed by atoms with E-state index in [4.69, 9.17) is 4.74 Å². The number of amides is 1. The van der Waals surface area contributed by atoms with E-state index < -0.39 is 0 Å². The van der Waals surface area contributed by atoms with Crippen LogP contribution in [0.15, 0.2) is 45.8 Å². The molecule has 0 aliphatic rings. The van der Waals surface area contributed by atoms with Crippen LogP contribution in [0.3, 0.4) is 0 Å². The van der Waals surface area contributed by atoms with E-state index >= 15 is 0 Å². The molecule has 0 atom stereocenters. The summed E-state index contributed by atoms with van der Waals surface area (Å²) in [5.41, 5.74) is 0.829. The van der Waals surface area contributed by atoms with Crippen molar-refractivity contribution >= 4 is 27.5 Å². The Kier molecular flexibility index (Phi) is 4.24. The molecule has 1 heterocycles. The Morgan fingerprint density at radius 3 is 2.70 bits per heavy atom. The summed E-state index contributed by atoms with van der Waals surface area (Å²) in [6.45, 7) is 0. The summed E-state index contributed by atoms with van der Waals surface area (Å²) < 4.78 is 7.41. The predicted octanol–water partition coefficient (Wildman–Crippen LogP) is 2.41. The standard InChI is InChI=1S/C14H13BrN2O3/c1-17-8-10(4-6-13(17)18)16-14(19)11-5-3-9(15)7-12(11)20-2/h3-8H,1-2H3,(H,16,19). The number of anilines is 1. The lowest BCUT2D eigenvalue weighted by Gasteiger charge is -2.10. The van der Waals surface area contributed by atoms with Crippen molar-refractivity contribution in [3.05, 3.63) is 56.9 Å². The number of nitrogens with one attached hydrogen (secondary N) is 1. The average molecular weight is 337 g/mol. The fraction of sp³-hybridized carbons (Fsp3) is 0.143. The molecule has 0 radical (unpaired) electrons. The number of methoxy groups -OCH3 is 1. The number of hydrogen-bond acceptors (Lipinski definition) is 3. The van der Waals surface area contributed by atoms with Gasteiger partial charge < -0.3 is 14.6 Å². The van der Waals surface area contributed by atoms with Gasteiger partial charge in [0, 0.05) is 23.8 Å². The van der Waals surface area contributed by atoms with Gasteiger partial charge in [-0.3, -0.25) is 9.59 Å². The molecule has 0 aliphatic heterocycles. The van der Waals surface area contributed by atoms with E-state index in [0.717, 1.165) is 4.47 Å². The SMILES string of the molecule is COc1cc(Br)ccc1C(=O)Nc1ccc(=O)n(C)c1. The largest absolute Gasteiger partial charge is 0.496 e. The first kappa shape index (κ1) is 14.3. The van der Waals surface area contributed by atoms with E-state index in [-0.39, 0.29) is 11.5 Å². The third-order valence-corrected chi connectivity index (χ3v) is 3.25. The number of nitrogens with zero attached hydrogens (tertiary/aromatic N) is 1. The van der Waals surface area contributed by atoms with Crippen molar-refractivity contribution in [3.8, 4) is 5.75 Å². The second-order valence-electron chi connectivity index (χ2n) is 4.17. The van der Waals surface area contributed by atoms with Crippen LogP contribution in [0.5, 0.6) is 5.75 Å². The number of hydrogen-bond donors (Lipinski definition) is 1. The molecule has 0 unspecified atom stereocenters. The fourth-order valence-electron chi connectivity index (χ4n) is 1.72. The van der Waals surface area contributed by atoms with Gasteiger partial charge in [0.05, 0.1) is 18.4 Å². The molecule has 6 heteroatoms. The van der Waals surface area contributed by atoms with Crippen LogP contribution in [-0.2, 0) is 7.05 Å². The molecule has 2 rings (SSSR count). The van der Waals surface area contributed by atoms with Gasteiger partial charge in [0.2, 0.25) is 5.56 Å². The molecule has 0 spiro atoms. The molecule has 0 bridgehead atoms. The molecule has 1 aromatic heterocycles. The zero-order valence-electron chi connectivity index (χ0n) is 11.0. The Balaban J connectivity index is 2.28.